The number of benzene rings is 1. The second-order valence-electron chi connectivity index (χ2n) is 5.74. The average Bonchev–Trinajstić information content (AvgIpc) is 3.09. The number of para-hydroxylation sites is 1. The number of carbonyl (C=O) groups is 1. The molecule has 0 fully saturated rings. The van der Waals surface area contributed by atoms with Gasteiger partial charge in [0.25, 0.3) is 5.91 Å². The predicted octanol–water partition coefficient (Wildman–Crippen LogP) is 3.69. The van der Waals surface area contributed by atoms with Gasteiger partial charge in [0.05, 0.1) is 20.9 Å². The van der Waals surface area contributed by atoms with E-state index >= 15 is 0 Å². The van der Waals surface area contributed by atoms with Crippen LogP contribution in [0, 0.1) is 6.92 Å². The largest absolute Gasteiger partial charge is 0.360 e. The normalized spacial score (nSPS) is 11.3. The van der Waals surface area contributed by atoms with E-state index in [1.807, 2.05) is 32.0 Å². The molecule has 1 N–H and O–H groups in total. The molecule has 1 aromatic carbocycles. The van der Waals surface area contributed by atoms with E-state index < -0.39 is 0 Å². The second kappa shape index (κ2) is 6.50. The molecule has 0 spiro atoms. The number of aryl methyl sites for hydroxylation is 1. The third-order valence-corrected chi connectivity index (χ3v) is 4.70. The molecule has 0 bridgehead atoms. The summed E-state index contributed by atoms with van der Waals surface area (Å²) in [6.07, 6.45) is 0.715. The Morgan fingerprint density at radius 3 is 2.87 bits per heavy atom. The summed E-state index contributed by atoms with van der Waals surface area (Å²) in [5.74, 6) is 0.634. The van der Waals surface area contributed by atoms with Gasteiger partial charge >= 0.3 is 0 Å². The number of fused-ring (bicyclic) bond motifs is 1. The van der Waals surface area contributed by atoms with Crippen LogP contribution in [0.2, 0.25) is 0 Å². The Morgan fingerprint density at radius 1 is 1.35 bits per heavy atom. The van der Waals surface area contributed by atoms with Crippen LogP contribution in [0.4, 0.5) is 0 Å². The summed E-state index contributed by atoms with van der Waals surface area (Å²) in [5, 5.41) is 7.88. The molecule has 2 heterocycles. The fourth-order valence-electron chi connectivity index (χ4n) is 2.46. The Hall–Kier alpha value is -2.21. The zero-order valence-corrected chi connectivity index (χ0v) is 14.2. The first-order chi connectivity index (χ1) is 11.1. The van der Waals surface area contributed by atoms with Gasteiger partial charge in [-0.1, -0.05) is 31.1 Å². The maximum atomic E-state index is 12.4. The lowest BCUT2D eigenvalue weighted by molar-refractivity contribution is 0.0951. The van der Waals surface area contributed by atoms with E-state index in [2.05, 4.69) is 21.5 Å². The van der Waals surface area contributed by atoms with Crippen LogP contribution in [0.1, 0.15) is 46.6 Å². The maximum Gasteiger partial charge on any atom is 0.256 e. The molecule has 2 aromatic heterocycles. The van der Waals surface area contributed by atoms with Gasteiger partial charge in [-0.2, -0.15) is 0 Å². The SMILES string of the molecule is Cc1noc(C(C)C)c1C(=O)NCCc1nc2ccccc2s1. The van der Waals surface area contributed by atoms with Crippen molar-refractivity contribution in [3.63, 3.8) is 0 Å². The third-order valence-electron chi connectivity index (χ3n) is 3.60. The van der Waals surface area contributed by atoms with Gasteiger partial charge in [0, 0.05) is 18.9 Å². The van der Waals surface area contributed by atoms with Gasteiger partial charge in [-0.05, 0) is 19.1 Å². The highest BCUT2D eigenvalue weighted by atomic mass is 32.1. The van der Waals surface area contributed by atoms with Crippen LogP contribution in [0.3, 0.4) is 0 Å². The number of hydrogen-bond acceptors (Lipinski definition) is 5. The third kappa shape index (κ3) is 3.27. The summed E-state index contributed by atoms with van der Waals surface area (Å²) in [5.41, 5.74) is 2.20. The minimum absolute atomic E-state index is 0.126. The van der Waals surface area contributed by atoms with Gasteiger partial charge in [0.15, 0.2) is 5.76 Å². The van der Waals surface area contributed by atoms with E-state index in [4.69, 9.17) is 4.52 Å². The van der Waals surface area contributed by atoms with E-state index in [-0.39, 0.29) is 11.8 Å². The van der Waals surface area contributed by atoms with Gasteiger partial charge in [-0.25, -0.2) is 4.98 Å². The highest BCUT2D eigenvalue weighted by molar-refractivity contribution is 7.18. The molecule has 1 amide bonds. The zero-order valence-electron chi connectivity index (χ0n) is 13.4. The molecule has 23 heavy (non-hydrogen) atoms. The number of carbonyl (C=O) groups excluding carboxylic acids is 1. The molecular formula is C17H19N3O2S. The lowest BCUT2D eigenvalue weighted by Crippen LogP contribution is -2.27. The van der Waals surface area contributed by atoms with Gasteiger partial charge in [0.1, 0.15) is 5.56 Å². The van der Waals surface area contributed by atoms with Gasteiger partial charge in [-0.15, -0.1) is 11.3 Å². The standard InChI is InChI=1S/C17H19N3O2S/c1-10(2)16-15(11(3)20-22-16)17(21)18-9-8-14-19-12-6-4-5-7-13(12)23-14/h4-7,10H,8-9H2,1-3H3,(H,18,21). The quantitative estimate of drug-likeness (QED) is 0.775. The molecule has 3 aromatic rings. The van der Waals surface area contributed by atoms with Gasteiger partial charge in [0.2, 0.25) is 0 Å². The Labute approximate surface area is 138 Å². The van der Waals surface area contributed by atoms with E-state index in [1.165, 1.54) is 4.70 Å². The van der Waals surface area contributed by atoms with E-state index in [0.29, 0.717) is 30.0 Å². The Bertz CT molecular complexity index is 802. The number of aromatic nitrogens is 2. The van der Waals surface area contributed by atoms with Crippen molar-refractivity contribution in [1.29, 1.82) is 0 Å². The first-order valence-corrected chi connectivity index (χ1v) is 8.46. The van der Waals surface area contributed by atoms with Crippen LogP contribution >= 0.6 is 11.3 Å². The second-order valence-corrected chi connectivity index (χ2v) is 6.86. The smallest absolute Gasteiger partial charge is 0.256 e. The molecule has 0 aliphatic heterocycles. The van der Waals surface area contributed by atoms with Crippen LogP contribution in [-0.2, 0) is 6.42 Å². The van der Waals surface area contributed by atoms with Crippen molar-refractivity contribution < 1.29 is 9.32 Å². The zero-order chi connectivity index (χ0) is 16.4. The monoisotopic (exact) mass is 329 g/mol. The van der Waals surface area contributed by atoms with Gasteiger partial charge in [-0.3, -0.25) is 4.79 Å². The van der Waals surface area contributed by atoms with Crippen molar-refractivity contribution in [3.8, 4) is 0 Å². The van der Waals surface area contributed by atoms with Crippen molar-refractivity contribution in [3.05, 3.63) is 46.3 Å². The van der Waals surface area contributed by atoms with Gasteiger partial charge < -0.3 is 9.84 Å². The number of thiazole rings is 1. The minimum atomic E-state index is -0.131. The topological polar surface area (TPSA) is 68.0 Å². The highest BCUT2D eigenvalue weighted by Crippen LogP contribution is 2.23. The average molecular weight is 329 g/mol. The predicted molar refractivity (Wildman–Crippen MR) is 91.0 cm³/mol. The molecule has 0 saturated carbocycles. The van der Waals surface area contributed by atoms with Crippen molar-refractivity contribution in [2.45, 2.75) is 33.1 Å². The number of amides is 1. The summed E-state index contributed by atoms with van der Waals surface area (Å²) in [7, 11) is 0. The molecule has 0 saturated heterocycles. The number of rotatable bonds is 5. The molecule has 0 unspecified atom stereocenters. The number of nitrogens with zero attached hydrogens (tertiary/aromatic N) is 2. The Balaban J connectivity index is 1.64. The van der Waals surface area contributed by atoms with Crippen molar-refractivity contribution in [1.82, 2.24) is 15.5 Å². The number of hydrogen-bond donors (Lipinski definition) is 1. The number of nitrogens with one attached hydrogen (secondary N) is 1. The summed E-state index contributed by atoms with van der Waals surface area (Å²) in [6, 6.07) is 8.05. The molecule has 120 valence electrons. The minimum Gasteiger partial charge on any atom is -0.360 e. The first kappa shape index (κ1) is 15.7. The Kier molecular flexibility index (Phi) is 4.43. The highest BCUT2D eigenvalue weighted by Gasteiger charge is 2.22. The van der Waals surface area contributed by atoms with Crippen molar-refractivity contribution in [2.75, 3.05) is 6.54 Å². The summed E-state index contributed by atoms with van der Waals surface area (Å²) >= 11 is 1.66. The van der Waals surface area contributed by atoms with E-state index in [1.54, 1.807) is 18.3 Å². The summed E-state index contributed by atoms with van der Waals surface area (Å²) in [4.78, 5) is 17.0. The Morgan fingerprint density at radius 2 is 2.13 bits per heavy atom. The van der Waals surface area contributed by atoms with Crippen LogP contribution in [0.15, 0.2) is 28.8 Å². The molecule has 0 aliphatic carbocycles. The molecule has 3 rings (SSSR count). The van der Waals surface area contributed by atoms with Crippen molar-refractivity contribution >= 4 is 27.5 Å². The molecule has 0 radical (unpaired) electrons. The molecular weight excluding hydrogens is 310 g/mol. The summed E-state index contributed by atoms with van der Waals surface area (Å²) in [6.45, 7) is 6.30. The maximum absolute atomic E-state index is 12.4. The lowest BCUT2D eigenvalue weighted by Gasteiger charge is -2.06. The molecule has 0 atom stereocenters. The molecule has 5 nitrogen and oxygen atoms in total. The lowest BCUT2D eigenvalue weighted by atomic mass is 10.0. The summed E-state index contributed by atoms with van der Waals surface area (Å²) < 4.78 is 6.43. The fourth-order valence-corrected chi connectivity index (χ4v) is 3.42. The van der Waals surface area contributed by atoms with E-state index in [0.717, 1.165) is 10.5 Å². The van der Waals surface area contributed by atoms with Crippen LogP contribution in [-0.4, -0.2) is 22.6 Å². The van der Waals surface area contributed by atoms with Crippen LogP contribution in [0.5, 0.6) is 0 Å². The van der Waals surface area contributed by atoms with E-state index in [9.17, 15) is 4.79 Å². The molecule has 6 heteroatoms. The van der Waals surface area contributed by atoms with Crippen molar-refractivity contribution in [2.24, 2.45) is 0 Å². The van der Waals surface area contributed by atoms with Crippen LogP contribution < -0.4 is 5.32 Å². The fraction of sp³-hybridized carbons (Fsp3) is 0.353. The van der Waals surface area contributed by atoms with Crippen LogP contribution in [0.25, 0.3) is 10.2 Å². The molecule has 0 aliphatic rings. The first-order valence-electron chi connectivity index (χ1n) is 7.65.